The third kappa shape index (κ3) is 4.19. The van der Waals surface area contributed by atoms with Crippen molar-refractivity contribution in [3.63, 3.8) is 0 Å². The van der Waals surface area contributed by atoms with Crippen molar-refractivity contribution >= 4 is 34.2 Å². The number of allylic oxidation sites excluding steroid dienone is 2. The minimum atomic E-state index is -1.35. The van der Waals surface area contributed by atoms with Crippen molar-refractivity contribution in [3.05, 3.63) is 49.7 Å². The number of hydrogen-bond donors (Lipinski definition) is 1. The van der Waals surface area contributed by atoms with Gasteiger partial charge in [0.05, 0.1) is 30.3 Å². The minimum Gasteiger partial charge on any atom is -0.466 e. The number of esters is 3. The van der Waals surface area contributed by atoms with Gasteiger partial charge >= 0.3 is 22.9 Å². The van der Waals surface area contributed by atoms with Crippen molar-refractivity contribution in [1.82, 2.24) is 5.32 Å². The fourth-order valence-corrected chi connectivity index (χ4v) is 3.48. The summed E-state index contributed by atoms with van der Waals surface area (Å²) in [5, 5.41) is 15.0. The Labute approximate surface area is 163 Å². The van der Waals surface area contributed by atoms with E-state index in [2.05, 4.69) is 5.32 Å². The first-order chi connectivity index (χ1) is 13.2. The first-order valence-corrected chi connectivity index (χ1v) is 8.82. The van der Waals surface area contributed by atoms with E-state index >= 15 is 0 Å². The lowest BCUT2D eigenvalue weighted by Gasteiger charge is -2.28. The van der Waals surface area contributed by atoms with E-state index < -0.39 is 28.7 Å². The summed E-state index contributed by atoms with van der Waals surface area (Å²) in [6, 6.07) is 1.28. The molecule has 0 fully saturated rings. The zero-order valence-electron chi connectivity index (χ0n) is 15.6. The number of nitrogens with one attached hydrogen (secondary N) is 1. The second-order valence-corrected chi connectivity index (χ2v) is 6.67. The Morgan fingerprint density at radius 1 is 1.14 bits per heavy atom. The fraction of sp³-hybridized carbons (Fsp3) is 0.353. The number of nitro groups is 1. The highest BCUT2D eigenvalue weighted by atomic mass is 32.1. The molecule has 1 N–H and O–H groups in total. The van der Waals surface area contributed by atoms with Crippen molar-refractivity contribution in [2.45, 2.75) is 20.5 Å². The Morgan fingerprint density at radius 2 is 1.68 bits per heavy atom. The van der Waals surface area contributed by atoms with Crippen LogP contribution in [0.3, 0.4) is 0 Å². The van der Waals surface area contributed by atoms with Crippen LogP contribution in [0.1, 0.15) is 19.4 Å². The monoisotopic (exact) mass is 410 g/mol. The number of carbonyl (C=O) groups excluding carboxylic acids is 3. The summed E-state index contributed by atoms with van der Waals surface area (Å²) in [7, 11) is 2.30. The maximum absolute atomic E-state index is 12.8. The topological polar surface area (TPSA) is 134 Å². The second kappa shape index (κ2) is 8.65. The van der Waals surface area contributed by atoms with E-state index in [1.54, 1.807) is 13.8 Å². The van der Waals surface area contributed by atoms with Gasteiger partial charge in [-0.3, -0.25) is 14.9 Å². The zero-order valence-corrected chi connectivity index (χ0v) is 16.4. The number of carbonyl (C=O) groups is 3. The van der Waals surface area contributed by atoms with Gasteiger partial charge in [0, 0.05) is 28.4 Å². The summed E-state index contributed by atoms with van der Waals surface area (Å²) in [5.74, 6) is -3.83. The minimum absolute atomic E-state index is 0.0743. The van der Waals surface area contributed by atoms with E-state index in [1.165, 1.54) is 11.4 Å². The molecule has 1 aliphatic heterocycles. The van der Waals surface area contributed by atoms with Crippen molar-refractivity contribution in [1.29, 1.82) is 0 Å². The highest BCUT2D eigenvalue weighted by Gasteiger charge is 2.42. The molecule has 11 heteroatoms. The van der Waals surface area contributed by atoms with Crippen molar-refractivity contribution in [2.24, 2.45) is 5.92 Å². The van der Waals surface area contributed by atoms with Gasteiger partial charge in [0.15, 0.2) is 0 Å². The van der Waals surface area contributed by atoms with E-state index in [9.17, 15) is 24.5 Å². The molecule has 0 saturated heterocycles. The lowest BCUT2D eigenvalue weighted by Crippen LogP contribution is -2.37. The molecular weight excluding hydrogens is 392 g/mol. The Balaban J connectivity index is 2.34. The predicted molar refractivity (Wildman–Crippen MR) is 96.8 cm³/mol. The number of methoxy groups -OCH3 is 2. The molecule has 28 heavy (non-hydrogen) atoms. The Kier molecular flexibility index (Phi) is 6.52. The van der Waals surface area contributed by atoms with Gasteiger partial charge in [0.1, 0.15) is 12.5 Å². The lowest BCUT2D eigenvalue weighted by atomic mass is 9.85. The SMILES string of the molecule is COC(=O)C1=C(C)NC(C)=C(C(=O)OC)C1C(=O)OCc1csc([N+](=O)[O-])c1. The predicted octanol–water partition coefficient (Wildman–Crippen LogP) is 1.81. The molecule has 0 saturated carbocycles. The third-order valence-corrected chi connectivity index (χ3v) is 4.94. The zero-order chi connectivity index (χ0) is 21.0. The molecule has 1 aromatic rings. The molecule has 1 aliphatic rings. The molecule has 2 heterocycles. The molecule has 0 amide bonds. The van der Waals surface area contributed by atoms with E-state index in [4.69, 9.17) is 14.2 Å². The summed E-state index contributed by atoms with van der Waals surface area (Å²) in [4.78, 5) is 47.5. The molecule has 0 aliphatic carbocycles. The Hall–Kier alpha value is -3.21. The van der Waals surface area contributed by atoms with Gasteiger partial charge < -0.3 is 19.5 Å². The van der Waals surface area contributed by atoms with Gasteiger partial charge in [0.25, 0.3) is 0 Å². The summed E-state index contributed by atoms with van der Waals surface area (Å²) in [5.41, 5.74) is 0.944. The van der Waals surface area contributed by atoms with Crippen molar-refractivity contribution in [3.8, 4) is 0 Å². The molecule has 10 nitrogen and oxygen atoms in total. The first-order valence-electron chi connectivity index (χ1n) is 7.94. The quantitative estimate of drug-likeness (QED) is 0.322. The number of nitrogens with zero attached hydrogens (tertiary/aromatic N) is 1. The van der Waals surface area contributed by atoms with Gasteiger partial charge in [-0.2, -0.15) is 0 Å². The average molecular weight is 410 g/mol. The molecule has 1 aromatic heterocycles. The van der Waals surface area contributed by atoms with Gasteiger partial charge in [-0.1, -0.05) is 11.3 Å². The number of thiophene rings is 1. The molecule has 0 aromatic carbocycles. The fourth-order valence-electron chi connectivity index (χ4n) is 2.76. The lowest BCUT2D eigenvalue weighted by molar-refractivity contribution is -0.380. The molecule has 0 bridgehead atoms. The number of dihydropyridines is 1. The summed E-state index contributed by atoms with van der Waals surface area (Å²) in [6.07, 6.45) is 0. The summed E-state index contributed by atoms with van der Waals surface area (Å²) >= 11 is 0.897. The highest BCUT2D eigenvalue weighted by molar-refractivity contribution is 7.13. The first kappa shape index (κ1) is 21.1. The van der Waals surface area contributed by atoms with Crippen LogP contribution >= 0.6 is 11.3 Å². The van der Waals surface area contributed by atoms with Crippen LogP contribution in [-0.2, 0) is 35.2 Å². The Morgan fingerprint density at radius 3 is 2.11 bits per heavy atom. The maximum Gasteiger partial charge on any atom is 0.336 e. The summed E-state index contributed by atoms with van der Waals surface area (Å²) < 4.78 is 14.7. The van der Waals surface area contributed by atoms with Crippen LogP contribution in [0.15, 0.2) is 34.0 Å². The molecular formula is C17H18N2O8S. The highest BCUT2D eigenvalue weighted by Crippen LogP contribution is 2.33. The van der Waals surface area contributed by atoms with Gasteiger partial charge in [-0.05, 0) is 13.8 Å². The van der Waals surface area contributed by atoms with E-state index in [0.717, 1.165) is 25.6 Å². The van der Waals surface area contributed by atoms with Crippen LogP contribution in [0, 0.1) is 16.0 Å². The molecule has 150 valence electrons. The number of hydrogen-bond acceptors (Lipinski definition) is 10. The maximum atomic E-state index is 12.8. The molecule has 0 spiro atoms. The normalized spacial score (nSPS) is 14.4. The van der Waals surface area contributed by atoms with Gasteiger partial charge in [-0.15, -0.1) is 0 Å². The van der Waals surface area contributed by atoms with Crippen LogP contribution in [0.5, 0.6) is 0 Å². The van der Waals surface area contributed by atoms with Crippen LogP contribution in [-0.4, -0.2) is 37.1 Å². The number of rotatable bonds is 6. The van der Waals surface area contributed by atoms with Crippen LogP contribution < -0.4 is 5.32 Å². The van der Waals surface area contributed by atoms with Crippen molar-refractivity contribution in [2.75, 3.05) is 14.2 Å². The van der Waals surface area contributed by atoms with Gasteiger partial charge in [-0.25, -0.2) is 9.59 Å². The molecule has 2 rings (SSSR count). The Bertz CT molecular complexity index is 861. The third-order valence-electron chi connectivity index (χ3n) is 4.01. The molecule has 0 radical (unpaired) electrons. The van der Waals surface area contributed by atoms with Gasteiger partial charge in [0.2, 0.25) is 0 Å². The largest absolute Gasteiger partial charge is 0.466 e. The van der Waals surface area contributed by atoms with Crippen LogP contribution in [0.2, 0.25) is 0 Å². The van der Waals surface area contributed by atoms with E-state index in [1.807, 2.05) is 0 Å². The standard InChI is InChI=1S/C17H18N2O8S/c1-8-12(15(20)25-3)14(13(9(2)18-8)16(21)26-4)17(22)27-6-10-5-11(19(23)24)28-7-10/h5,7,14,18H,6H2,1-4H3. The smallest absolute Gasteiger partial charge is 0.336 e. The van der Waals surface area contributed by atoms with Crippen LogP contribution in [0.4, 0.5) is 5.00 Å². The molecule has 0 atom stereocenters. The van der Waals surface area contributed by atoms with Crippen molar-refractivity contribution < 1.29 is 33.5 Å². The molecule has 0 unspecified atom stereocenters. The van der Waals surface area contributed by atoms with E-state index in [0.29, 0.717) is 17.0 Å². The summed E-state index contributed by atoms with van der Waals surface area (Å²) in [6.45, 7) is 2.87. The average Bonchev–Trinajstić information content (AvgIpc) is 3.13. The van der Waals surface area contributed by atoms with Crippen LogP contribution in [0.25, 0.3) is 0 Å². The number of ether oxygens (including phenoxy) is 3. The second-order valence-electron chi connectivity index (χ2n) is 5.78. The van der Waals surface area contributed by atoms with E-state index in [-0.39, 0.29) is 22.8 Å².